The molecule has 0 saturated carbocycles. The number of hydrogen-bond donors (Lipinski definition) is 2. The summed E-state index contributed by atoms with van der Waals surface area (Å²) in [7, 11) is 0. The summed E-state index contributed by atoms with van der Waals surface area (Å²) in [5, 5.41) is 9.85. The third-order valence-corrected chi connectivity index (χ3v) is 13.6. The lowest BCUT2D eigenvalue weighted by Crippen LogP contribution is -2.59. The highest BCUT2D eigenvalue weighted by molar-refractivity contribution is 9.10. The zero-order valence-corrected chi connectivity index (χ0v) is 46.9. The molecule has 75 heavy (non-hydrogen) atoms. The number of nitrogens with one attached hydrogen (secondary N) is 2. The molecule has 0 radical (unpaired) electrons. The molecule has 3 aliphatic rings. The van der Waals surface area contributed by atoms with E-state index in [2.05, 4.69) is 106 Å². The van der Waals surface area contributed by atoms with Gasteiger partial charge in [0.15, 0.2) is 0 Å². The van der Waals surface area contributed by atoms with Crippen molar-refractivity contribution in [2.24, 2.45) is 0 Å². The fraction of sp³-hybridized carbons (Fsp3) is 0.448. The highest BCUT2D eigenvalue weighted by Gasteiger charge is 2.35. The zero-order chi connectivity index (χ0) is 54.8. The van der Waals surface area contributed by atoms with Gasteiger partial charge in [-0.1, -0.05) is 58.4 Å². The highest BCUT2D eigenvalue weighted by atomic mass is 79.9. The van der Waals surface area contributed by atoms with Gasteiger partial charge in [-0.15, -0.1) is 0 Å². The second-order valence-electron chi connectivity index (χ2n) is 21.4. The van der Waals surface area contributed by atoms with E-state index in [4.69, 9.17) is 29.2 Å². The Morgan fingerprint density at radius 2 is 0.933 bits per heavy atom. The van der Waals surface area contributed by atoms with Gasteiger partial charge >= 0.3 is 12.2 Å². The number of nitrogens with zero attached hydrogens (tertiary/aromatic N) is 10. The lowest BCUT2D eigenvalue weighted by atomic mass is 10.0. The van der Waals surface area contributed by atoms with Crippen LogP contribution in [0, 0.1) is 19.7 Å². The minimum atomic E-state index is -0.505. The summed E-state index contributed by atoms with van der Waals surface area (Å²) in [6.45, 7) is 50.4. The first-order valence-electron chi connectivity index (χ1n) is 25.4. The number of fused-ring (bicyclic) bond motifs is 3. The smallest absolute Gasteiger partial charge is 0.410 e. The maximum Gasteiger partial charge on any atom is 0.410 e. The molecule has 6 heterocycles. The van der Waals surface area contributed by atoms with E-state index in [1.165, 1.54) is 5.69 Å². The minimum absolute atomic E-state index is 0.0170. The van der Waals surface area contributed by atoms with Crippen molar-refractivity contribution in [2.45, 2.75) is 131 Å². The van der Waals surface area contributed by atoms with E-state index in [-0.39, 0.29) is 30.3 Å². The molecule has 0 aliphatic carbocycles. The molecular weight excluding hydrogens is 1010 g/mol. The van der Waals surface area contributed by atoms with E-state index in [9.17, 15) is 9.59 Å². The SMILES string of the molecule is C[C@@H]1CN[C@@H](C)CN1C(=O)OC(C)(C)C.[C-]#[N+]c1ccc(Br)c2cccnc12.[C-]#[N+]c1ccc(N2C[C@@H](C)N(C(=O)OC(C)(C)C)C[C@@H]2C)c2cccnc12.[C-]#[N+]c1ccc(N2C[C@@H](C)NC[C@@H]2C)c2cccnc12. The van der Waals surface area contributed by atoms with Crippen molar-refractivity contribution in [3.63, 3.8) is 0 Å². The molecule has 17 heteroatoms. The minimum Gasteiger partial charge on any atom is -0.444 e. The van der Waals surface area contributed by atoms with Crippen molar-refractivity contribution < 1.29 is 19.1 Å². The summed E-state index contributed by atoms with van der Waals surface area (Å²) in [6.07, 6.45) is 4.70. The van der Waals surface area contributed by atoms with E-state index in [1.807, 2.05) is 110 Å². The maximum absolute atomic E-state index is 12.6. The molecular formula is C58H71BrN12O4. The standard InChI is InChI=1S/C21H26N4O2.C16H18N4.C11H22N2O2.C10H5BrN2/c1-14-13-25(20(26)27-21(3,4)5)15(2)12-24(14)18-10-9-17(22-6)19-16(18)8-7-11-23-19;1-11-10-20(12(2)9-19-11)15-7-6-14(17-3)16-13(15)5-4-8-18-16;1-8-7-13(9(2)6-12-8)10(14)15-11(3,4)5;1-12-9-5-4-8(11)7-3-2-6-13-10(7)9/h7-11,14-15H,12-13H2,1-5H3;4-8,11-12,19H,9-10H2,1-2H3;8-9,12H,6-7H2,1-5H3;2-6H/t14-,15+;11-,12+;8-,9+;/m010./s1. The fourth-order valence-electron chi connectivity index (χ4n) is 9.17. The Morgan fingerprint density at radius 3 is 1.40 bits per heavy atom. The zero-order valence-electron chi connectivity index (χ0n) is 45.4. The van der Waals surface area contributed by atoms with Gasteiger partial charge in [-0.3, -0.25) is 15.0 Å². The molecule has 6 aromatic rings. The number of aromatic nitrogens is 3. The predicted molar refractivity (Wildman–Crippen MR) is 305 cm³/mol. The third-order valence-electron chi connectivity index (χ3n) is 12.9. The summed E-state index contributed by atoms with van der Waals surface area (Å²) in [5.41, 5.74) is 5.38. The molecule has 3 aromatic heterocycles. The van der Waals surface area contributed by atoms with Crippen LogP contribution in [0.3, 0.4) is 0 Å². The molecule has 9 rings (SSSR count). The number of ether oxygens (including phenoxy) is 2. The number of pyridine rings is 3. The Bertz CT molecular complexity index is 3100. The largest absolute Gasteiger partial charge is 0.444 e. The molecule has 2 amide bonds. The number of benzene rings is 3. The van der Waals surface area contributed by atoms with E-state index >= 15 is 0 Å². The molecule has 3 aliphatic heterocycles. The van der Waals surface area contributed by atoms with Crippen molar-refractivity contribution in [1.29, 1.82) is 0 Å². The van der Waals surface area contributed by atoms with Gasteiger partial charge < -0.3 is 39.7 Å². The van der Waals surface area contributed by atoms with Gasteiger partial charge in [0, 0.05) is 126 Å². The Hall–Kier alpha value is -7.10. The summed E-state index contributed by atoms with van der Waals surface area (Å²) in [5.74, 6) is 0. The molecule has 3 saturated heterocycles. The number of amides is 2. The van der Waals surface area contributed by atoms with E-state index in [0.717, 1.165) is 69.0 Å². The van der Waals surface area contributed by atoms with Crippen molar-refractivity contribution >= 4 is 89.3 Å². The van der Waals surface area contributed by atoms with Crippen LogP contribution < -0.4 is 20.4 Å². The van der Waals surface area contributed by atoms with Gasteiger partial charge in [-0.2, -0.15) is 0 Å². The van der Waals surface area contributed by atoms with Crippen molar-refractivity contribution in [1.82, 2.24) is 35.4 Å². The number of carbonyl (C=O) groups is 2. The number of hydrogen-bond acceptors (Lipinski definition) is 11. The lowest BCUT2D eigenvalue weighted by Gasteiger charge is -2.45. The number of piperazine rings is 3. The average Bonchev–Trinajstić information content (AvgIpc) is 3.37. The topological polar surface area (TPSA) is 141 Å². The fourth-order valence-corrected chi connectivity index (χ4v) is 9.62. The quantitative estimate of drug-likeness (QED) is 0.160. The summed E-state index contributed by atoms with van der Waals surface area (Å²) in [4.78, 5) is 56.3. The Kier molecular flexibility index (Phi) is 19.0. The third kappa shape index (κ3) is 14.6. The molecule has 0 spiro atoms. The van der Waals surface area contributed by atoms with Crippen LogP contribution in [-0.4, -0.2) is 124 Å². The van der Waals surface area contributed by atoms with Crippen LogP contribution >= 0.6 is 15.9 Å². The Morgan fingerprint density at radius 1 is 0.533 bits per heavy atom. The first-order chi connectivity index (χ1) is 35.5. The molecule has 16 nitrogen and oxygen atoms in total. The number of halogens is 1. The first kappa shape index (κ1) is 57.2. The van der Waals surface area contributed by atoms with Crippen LogP contribution in [0.5, 0.6) is 0 Å². The van der Waals surface area contributed by atoms with Crippen LogP contribution in [0.1, 0.15) is 83.1 Å². The second-order valence-corrected chi connectivity index (χ2v) is 22.2. The van der Waals surface area contributed by atoms with Gasteiger partial charge in [-0.05, 0) is 113 Å². The highest BCUT2D eigenvalue weighted by Crippen LogP contribution is 2.37. The monoisotopic (exact) mass is 1080 g/mol. The molecule has 6 atom stereocenters. The number of anilines is 2. The van der Waals surface area contributed by atoms with Crippen molar-refractivity contribution in [2.75, 3.05) is 49.1 Å². The van der Waals surface area contributed by atoms with Gasteiger partial charge in [0.25, 0.3) is 0 Å². The molecule has 2 N–H and O–H groups in total. The first-order valence-corrected chi connectivity index (χ1v) is 26.2. The Balaban J connectivity index is 0.000000169. The van der Waals surface area contributed by atoms with Crippen LogP contribution in [-0.2, 0) is 9.47 Å². The summed E-state index contributed by atoms with van der Waals surface area (Å²) >= 11 is 3.42. The van der Waals surface area contributed by atoms with Gasteiger partial charge in [0.2, 0.25) is 17.1 Å². The maximum atomic E-state index is 12.6. The summed E-state index contributed by atoms with van der Waals surface area (Å²) in [6, 6.07) is 24.7. The van der Waals surface area contributed by atoms with Gasteiger partial charge in [0.05, 0.1) is 36.3 Å². The van der Waals surface area contributed by atoms with Crippen molar-refractivity contribution in [3.05, 3.63) is 130 Å². The molecule has 0 unspecified atom stereocenters. The lowest BCUT2D eigenvalue weighted by molar-refractivity contribution is 0.0101. The van der Waals surface area contributed by atoms with Crippen LogP contribution in [0.2, 0.25) is 0 Å². The van der Waals surface area contributed by atoms with E-state index in [1.54, 1.807) is 34.5 Å². The summed E-state index contributed by atoms with van der Waals surface area (Å²) < 4.78 is 11.9. The second kappa shape index (κ2) is 25.0. The van der Waals surface area contributed by atoms with Gasteiger partial charge in [-0.25, -0.2) is 24.1 Å². The molecule has 0 bridgehead atoms. The van der Waals surface area contributed by atoms with Gasteiger partial charge in [0.1, 0.15) is 11.2 Å². The predicted octanol–water partition coefficient (Wildman–Crippen LogP) is 12.7. The van der Waals surface area contributed by atoms with E-state index in [0.29, 0.717) is 48.3 Å². The molecule has 3 fully saturated rings. The molecule has 3 aromatic carbocycles. The van der Waals surface area contributed by atoms with E-state index < -0.39 is 11.2 Å². The molecule has 394 valence electrons. The van der Waals surface area contributed by atoms with Crippen LogP contribution in [0.15, 0.2) is 95.9 Å². The number of rotatable bonds is 2. The van der Waals surface area contributed by atoms with Crippen LogP contribution in [0.4, 0.5) is 38.0 Å². The number of carbonyl (C=O) groups excluding carboxylic acids is 2. The van der Waals surface area contributed by atoms with Crippen LogP contribution in [0.25, 0.3) is 47.2 Å². The Labute approximate surface area is 451 Å². The average molecular weight is 1080 g/mol. The normalized spacial score (nSPS) is 20.7. The van der Waals surface area contributed by atoms with Crippen molar-refractivity contribution in [3.8, 4) is 0 Å².